The number of ether oxygens (including phenoxy) is 2. The Kier molecular flexibility index (Phi) is 5.20. The molecule has 140 valence electrons. The molecule has 1 fully saturated rings. The fourth-order valence-corrected chi connectivity index (χ4v) is 3.23. The smallest absolute Gasteiger partial charge is 0.410 e. The zero-order valence-corrected chi connectivity index (χ0v) is 15.9. The lowest BCUT2D eigenvalue weighted by atomic mass is 10.0. The highest BCUT2D eigenvalue weighted by atomic mass is 16.6. The number of anilines is 1. The minimum absolute atomic E-state index is 0.228. The Morgan fingerprint density at radius 1 is 1.23 bits per heavy atom. The third-order valence-corrected chi connectivity index (χ3v) is 4.47. The predicted octanol–water partition coefficient (Wildman–Crippen LogP) is 4.05. The van der Waals surface area contributed by atoms with E-state index in [9.17, 15) is 4.79 Å². The van der Waals surface area contributed by atoms with Crippen LogP contribution < -0.4 is 10.1 Å². The van der Waals surface area contributed by atoms with Crippen molar-refractivity contribution in [3.05, 3.63) is 30.6 Å². The van der Waals surface area contributed by atoms with E-state index in [4.69, 9.17) is 9.47 Å². The number of methoxy groups -OCH3 is 1. The molecule has 1 N–H and O–H groups in total. The van der Waals surface area contributed by atoms with Crippen LogP contribution in [-0.4, -0.2) is 47.8 Å². The number of amides is 1. The number of benzene rings is 1. The highest BCUT2D eigenvalue weighted by Gasteiger charge is 2.27. The fourth-order valence-electron chi connectivity index (χ4n) is 3.23. The first-order valence-electron chi connectivity index (χ1n) is 9.02. The number of aromatic nitrogens is 1. The molecule has 1 aromatic carbocycles. The van der Waals surface area contributed by atoms with E-state index in [2.05, 4.69) is 16.4 Å². The van der Waals surface area contributed by atoms with E-state index >= 15 is 0 Å². The largest absolute Gasteiger partial charge is 0.494 e. The highest BCUT2D eigenvalue weighted by Crippen LogP contribution is 2.32. The summed E-state index contributed by atoms with van der Waals surface area (Å²) in [5.41, 5.74) is 0.581. The second-order valence-corrected chi connectivity index (χ2v) is 7.63. The van der Waals surface area contributed by atoms with Crippen LogP contribution in [0.25, 0.3) is 10.8 Å². The van der Waals surface area contributed by atoms with Crippen LogP contribution in [0.5, 0.6) is 5.75 Å². The Labute approximate surface area is 154 Å². The molecule has 2 aromatic rings. The van der Waals surface area contributed by atoms with E-state index < -0.39 is 5.60 Å². The molecule has 6 heteroatoms. The lowest BCUT2D eigenvalue weighted by molar-refractivity contribution is 0.0210. The van der Waals surface area contributed by atoms with Gasteiger partial charge in [-0.3, -0.25) is 4.98 Å². The monoisotopic (exact) mass is 357 g/mol. The van der Waals surface area contributed by atoms with Gasteiger partial charge in [-0.1, -0.05) is 12.1 Å². The van der Waals surface area contributed by atoms with Gasteiger partial charge in [0.15, 0.2) is 0 Å². The van der Waals surface area contributed by atoms with Gasteiger partial charge in [0.1, 0.15) is 11.4 Å². The van der Waals surface area contributed by atoms with E-state index in [0.29, 0.717) is 19.1 Å². The Hall–Kier alpha value is -2.50. The van der Waals surface area contributed by atoms with Crippen LogP contribution in [0.15, 0.2) is 30.6 Å². The first-order valence-corrected chi connectivity index (χ1v) is 9.02. The van der Waals surface area contributed by atoms with E-state index in [1.54, 1.807) is 18.2 Å². The molecule has 2 heterocycles. The molecule has 26 heavy (non-hydrogen) atoms. The number of piperidine rings is 1. The molecule has 1 saturated heterocycles. The van der Waals surface area contributed by atoms with Gasteiger partial charge in [-0.25, -0.2) is 4.79 Å². The maximum Gasteiger partial charge on any atom is 0.410 e. The average Bonchev–Trinajstić information content (AvgIpc) is 2.60. The second-order valence-electron chi connectivity index (χ2n) is 7.63. The minimum Gasteiger partial charge on any atom is -0.494 e. The number of hydrogen-bond donors (Lipinski definition) is 1. The Balaban J connectivity index is 1.67. The van der Waals surface area contributed by atoms with E-state index in [-0.39, 0.29) is 6.09 Å². The molecule has 1 amide bonds. The molecular weight excluding hydrogens is 330 g/mol. The summed E-state index contributed by atoms with van der Waals surface area (Å²) in [6, 6.07) is 6.41. The summed E-state index contributed by atoms with van der Waals surface area (Å²) in [5, 5.41) is 5.70. The highest BCUT2D eigenvalue weighted by molar-refractivity contribution is 5.98. The molecule has 0 spiro atoms. The lowest BCUT2D eigenvalue weighted by Gasteiger charge is -2.34. The molecule has 0 saturated carbocycles. The van der Waals surface area contributed by atoms with Gasteiger partial charge in [0.2, 0.25) is 0 Å². The quantitative estimate of drug-likeness (QED) is 0.898. The third-order valence-electron chi connectivity index (χ3n) is 4.47. The zero-order valence-electron chi connectivity index (χ0n) is 15.9. The van der Waals surface area contributed by atoms with Crippen molar-refractivity contribution in [2.24, 2.45) is 0 Å². The molecule has 0 aliphatic carbocycles. The van der Waals surface area contributed by atoms with Crippen molar-refractivity contribution in [3.8, 4) is 5.75 Å². The zero-order chi connectivity index (χ0) is 18.7. The molecule has 0 atom stereocenters. The standard InChI is InChI=1S/C20H27N3O3/c1-20(2,3)26-19(24)23-10-8-15(9-11-23)22-16-7-5-6-14-12-21-13-17(25-4)18(14)16/h5-7,12-13,15,22H,8-11H2,1-4H3. The van der Waals surface area contributed by atoms with Gasteiger partial charge in [-0.2, -0.15) is 0 Å². The van der Waals surface area contributed by atoms with E-state index in [1.165, 1.54) is 0 Å². The number of nitrogens with one attached hydrogen (secondary N) is 1. The summed E-state index contributed by atoms with van der Waals surface area (Å²) in [5.74, 6) is 0.761. The first kappa shape index (κ1) is 18.3. The van der Waals surface area contributed by atoms with Gasteiger partial charge in [-0.05, 0) is 39.7 Å². The van der Waals surface area contributed by atoms with Gasteiger partial charge in [-0.15, -0.1) is 0 Å². The Morgan fingerprint density at radius 3 is 2.62 bits per heavy atom. The topological polar surface area (TPSA) is 63.7 Å². The maximum absolute atomic E-state index is 12.2. The molecule has 6 nitrogen and oxygen atoms in total. The van der Waals surface area contributed by atoms with Crippen LogP contribution in [0.4, 0.5) is 10.5 Å². The molecule has 1 aliphatic rings. The Morgan fingerprint density at radius 2 is 1.96 bits per heavy atom. The SMILES string of the molecule is COc1cncc2cccc(NC3CCN(C(=O)OC(C)(C)C)CC3)c12. The maximum atomic E-state index is 12.2. The number of fused-ring (bicyclic) bond motifs is 1. The van der Waals surface area contributed by atoms with Crippen molar-refractivity contribution < 1.29 is 14.3 Å². The van der Waals surface area contributed by atoms with Gasteiger partial charge in [0, 0.05) is 36.4 Å². The van der Waals surface area contributed by atoms with Crippen LogP contribution >= 0.6 is 0 Å². The molecule has 0 radical (unpaired) electrons. The summed E-state index contributed by atoms with van der Waals surface area (Å²) in [6.07, 6.45) is 5.10. The van der Waals surface area contributed by atoms with Gasteiger partial charge in [0.05, 0.1) is 18.7 Å². The number of pyridine rings is 1. The van der Waals surface area contributed by atoms with Crippen LogP contribution in [0.2, 0.25) is 0 Å². The summed E-state index contributed by atoms with van der Waals surface area (Å²) in [6.45, 7) is 7.05. The number of hydrogen-bond acceptors (Lipinski definition) is 5. The predicted molar refractivity (Wildman–Crippen MR) is 103 cm³/mol. The molecule has 1 aromatic heterocycles. The molecule has 3 rings (SSSR count). The fraction of sp³-hybridized carbons (Fsp3) is 0.500. The summed E-state index contributed by atoms with van der Waals surface area (Å²) >= 11 is 0. The summed E-state index contributed by atoms with van der Waals surface area (Å²) in [4.78, 5) is 18.2. The minimum atomic E-state index is -0.459. The number of carbonyl (C=O) groups is 1. The van der Waals surface area contributed by atoms with E-state index in [1.807, 2.05) is 39.1 Å². The van der Waals surface area contributed by atoms with Crippen molar-refractivity contribution >= 4 is 22.6 Å². The number of rotatable bonds is 3. The van der Waals surface area contributed by atoms with Gasteiger partial charge >= 0.3 is 6.09 Å². The molecule has 1 aliphatic heterocycles. The van der Waals surface area contributed by atoms with Crippen molar-refractivity contribution in [2.75, 3.05) is 25.5 Å². The van der Waals surface area contributed by atoms with Crippen molar-refractivity contribution in [3.63, 3.8) is 0 Å². The average molecular weight is 357 g/mol. The van der Waals surface area contributed by atoms with Crippen LogP contribution in [0.3, 0.4) is 0 Å². The van der Waals surface area contributed by atoms with Crippen LogP contribution in [-0.2, 0) is 4.74 Å². The molecular formula is C20H27N3O3. The third kappa shape index (κ3) is 4.18. The normalized spacial score (nSPS) is 15.8. The van der Waals surface area contributed by atoms with Gasteiger partial charge in [0.25, 0.3) is 0 Å². The lowest BCUT2D eigenvalue weighted by Crippen LogP contribution is -2.44. The summed E-state index contributed by atoms with van der Waals surface area (Å²) < 4.78 is 10.9. The number of carbonyl (C=O) groups excluding carboxylic acids is 1. The van der Waals surface area contributed by atoms with Crippen molar-refractivity contribution in [2.45, 2.75) is 45.3 Å². The first-order chi connectivity index (χ1) is 12.4. The van der Waals surface area contributed by atoms with Crippen LogP contribution in [0, 0.1) is 0 Å². The molecule has 0 bridgehead atoms. The van der Waals surface area contributed by atoms with Gasteiger partial charge < -0.3 is 19.7 Å². The second kappa shape index (κ2) is 7.40. The van der Waals surface area contributed by atoms with Crippen molar-refractivity contribution in [1.82, 2.24) is 9.88 Å². The van der Waals surface area contributed by atoms with Crippen molar-refractivity contribution in [1.29, 1.82) is 0 Å². The molecule has 0 unspecified atom stereocenters. The Bertz CT molecular complexity index is 772. The number of nitrogens with zero attached hydrogens (tertiary/aromatic N) is 2. The van der Waals surface area contributed by atoms with Crippen LogP contribution in [0.1, 0.15) is 33.6 Å². The number of likely N-dealkylation sites (tertiary alicyclic amines) is 1. The summed E-state index contributed by atoms with van der Waals surface area (Å²) in [7, 11) is 1.66. The van der Waals surface area contributed by atoms with E-state index in [0.717, 1.165) is 35.1 Å².